The molecule has 0 aromatic heterocycles. The van der Waals surface area contributed by atoms with Crippen LogP contribution in [0.15, 0.2) is 91.1 Å². The number of anilines is 2. The topological polar surface area (TPSA) is 117 Å². The lowest BCUT2D eigenvalue weighted by Gasteiger charge is -2.45. The van der Waals surface area contributed by atoms with E-state index in [1.807, 2.05) is 60.7 Å². The van der Waals surface area contributed by atoms with E-state index in [2.05, 4.69) is 5.32 Å². The molecular formula is C30H29N5O4S. The summed E-state index contributed by atoms with van der Waals surface area (Å²) in [5.74, 6) is -0.906. The number of amides is 3. The van der Waals surface area contributed by atoms with Gasteiger partial charge in [-0.3, -0.25) is 9.69 Å². The lowest BCUT2D eigenvalue weighted by atomic mass is 10.0. The number of nitrogens with one attached hydrogen (secondary N) is 2. The van der Waals surface area contributed by atoms with E-state index in [1.165, 1.54) is 27.8 Å². The molecule has 3 amide bonds. The molecule has 2 fully saturated rings. The number of allylic oxidation sites excluding steroid dienone is 1. The van der Waals surface area contributed by atoms with Crippen molar-refractivity contribution in [1.82, 2.24) is 15.1 Å². The Morgan fingerprint density at radius 1 is 0.950 bits per heavy atom. The second-order valence-corrected chi connectivity index (χ2v) is 10.6. The van der Waals surface area contributed by atoms with E-state index in [9.17, 15) is 19.5 Å². The Hall–Kier alpha value is -4.57. The summed E-state index contributed by atoms with van der Waals surface area (Å²) in [5, 5.41) is 20.1. The van der Waals surface area contributed by atoms with Gasteiger partial charge in [0.25, 0.3) is 5.91 Å². The molecular weight excluding hydrogens is 526 g/mol. The van der Waals surface area contributed by atoms with Crippen LogP contribution in [0.3, 0.4) is 0 Å². The van der Waals surface area contributed by atoms with Crippen LogP contribution in [0.25, 0.3) is 5.57 Å². The predicted molar refractivity (Wildman–Crippen MR) is 157 cm³/mol. The van der Waals surface area contributed by atoms with Crippen LogP contribution in [0.5, 0.6) is 0 Å². The standard InChI is InChI=1S/C30H29N5O4S/c1-32-17-22(16-31)20-12-14-21(15-13-20)27(36)35-25-18-33(26(29(37)38)28(35)40-19-25)30(39)34(23-8-4-2-5-9-23)24-10-6-3-7-11-24/h2-17,25-26,28,31-32H,18-19H2,1H3,(H,37,38)/b22-17+,31-16?/t25-,26+,28-/m1/s1. The van der Waals surface area contributed by atoms with Crippen LogP contribution in [0.4, 0.5) is 16.2 Å². The van der Waals surface area contributed by atoms with Crippen LogP contribution in [-0.4, -0.2) is 75.8 Å². The number of carbonyl (C=O) groups is 3. The average Bonchev–Trinajstić information content (AvgIpc) is 3.28. The number of thioether (sulfide) groups is 1. The van der Waals surface area contributed by atoms with Crippen LogP contribution in [0, 0.1) is 5.41 Å². The lowest BCUT2D eigenvalue weighted by Crippen LogP contribution is -2.66. The molecule has 3 aromatic carbocycles. The molecule has 2 aliphatic rings. The van der Waals surface area contributed by atoms with Crippen molar-refractivity contribution in [1.29, 1.82) is 5.41 Å². The third kappa shape index (κ3) is 5.05. The van der Waals surface area contributed by atoms with Crippen LogP contribution >= 0.6 is 11.8 Å². The molecule has 5 rings (SSSR count). The summed E-state index contributed by atoms with van der Waals surface area (Å²) in [6, 6.07) is 23.2. The van der Waals surface area contributed by atoms with Crippen LogP contribution in [-0.2, 0) is 4.79 Å². The normalized spacial score (nSPS) is 20.1. The van der Waals surface area contributed by atoms with Crippen molar-refractivity contribution in [3.8, 4) is 0 Å². The Morgan fingerprint density at radius 3 is 2.05 bits per heavy atom. The molecule has 2 heterocycles. The molecule has 0 unspecified atom stereocenters. The van der Waals surface area contributed by atoms with Gasteiger partial charge in [-0.15, -0.1) is 11.8 Å². The highest BCUT2D eigenvalue weighted by atomic mass is 32.2. The van der Waals surface area contributed by atoms with E-state index in [4.69, 9.17) is 5.41 Å². The summed E-state index contributed by atoms with van der Waals surface area (Å²) in [6.07, 6.45) is 2.93. The number of aliphatic carboxylic acids is 1. The number of carboxylic acids is 1. The van der Waals surface area contributed by atoms with Crippen molar-refractivity contribution in [3.05, 3.63) is 102 Å². The Labute approximate surface area is 236 Å². The van der Waals surface area contributed by atoms with Gasteiger partial charge in [-0.25, -0.2) is 9.59 Å². The molecule has 10 heteroatoms. The zero-order valence-electron chi connectivity index (χ0n) is 21.8. The molecule has 0 aliphatic carbocycles. The van der Waals surface area contributed by atoms with Gasteiger partial charge in [0.2, 0.25) is 0 Å². The molecule has 204 valence electrons. The largest absolute Gasteiger partial charge is 0.480 e. The minimum Gasteiger partial charge on any atom is -0.480 e. The number of hydrogen-bond acceptors (Lipinski definition) is 6. The van der Waals surface area contributed by atoms with Crippen LogP contribution in [0.2, 0.25) is 0 Å². The summed E-state index contributed by atoms with van der Waals surface area (Å²) < 4.78 is 0. The molecule has 40 heavy (non-hydrogen) atoms. The van der Waals surface area contributed by atoms with Crippen LogP contribution in [0.1, 0.15) is 15.9 Å². The minimum absolute atomic E-state index is 0.0994. The van der Waals surface area contributed by atoms with Crippen molar-refractivity contribution in [2.45, 2.75) is 17.5 Å². The fraction of sp³-hybridized carbons (Fsp3) is 0.200. The van der Waals surface area contributed by atoms with Crippen molar-refractivity contribution in [3.63, 3.8) is 0 Å². The first-order valence-electron chi connectivity index (χ1n) is 12.8. The molecule has 3 N–H and O–H groups in total. The number of rotatable bonds is 7. The van der Waals surface area contributed by atoms with Gasteiger partial charge in [-0.05, 0) is 42.0 Å². The fourth-order valence-corrected chi connectivity index (χ4v) is 6.72. The summed E-state index contributed by atoms with van der Waals surface area (Å²) in [5.41, 5.74) is 3.11. The number of carbonyl (C=O) groups excluding carboxylic acids is 2. The summed E-state index contributed by atoms with van der Waals surface area (Å²) >= 11 is 1.39. The van der Waals surface area contributed by atoms with E-state index in [-0.39, 0.29) is 18.5 Å². The van der Waals surface area contributed by atoms with Gasteiger partial charge in [0.15, 0.2) is 6.04 Å². The number of urea groups is 1. The number of nitrogens with zero attached hydrogens (tertiary/aromatic N) is 3. The third-order valence-electron chi connectivity index (χ3n) is 7.01. The van der Waals surface area contributed by atoms with Gasteiger partial charge >= 0.3 is 12.0 Å². The molecule has 0 radical (unpaired) electrons. The van der Waals surface area contributed by atoms with Gasteiger partial charge < -0.3 is 25.6 Å². The van der Waals surface area contributed by atoms with Crippen molar-refractivity contribution in [2.75, 3.05) is 24.2 Å². The molecule has 2 saturated heterocycles. The Kier molecular flexibility index (Phi) is 7.88. The minimum atomic E-state index is -1.22. The summed E-state index contributed by atoms with van der Waals surface area (Å²) in [7, 11) is 1.75. The molecule has 0 saturated carbocycles. The highest BCUT2D eigenvalue weighted by Crippen LogP contribution is 2.40. The summed E-state index contributed by atoms with van der Waals surface area (Å²) in [6.45, 7) is 0.0994. The van der Waals surface area contributed by atoms with Crippen molar-refractivity contribution in [2.24, 2.45) is 0 Å². The Bertz CT molecular complexity index is 1390. The van der Waals surface area contributed by atoms with Gasteiger partial charge in [-0.2, -0.15) is 0 Å². The molecule has 3 atom stereocenters. The molecule has 2 aliphatic heterocycles. The number of carboxylic acid groups (broad SMARTS) is 1. The van der Waals surface area contributed by atoms with Gasteiger partial charge in [0.1, 0.15) is 5.37 Å². The summed E-state index contributed by atoms with van der Waals surface area (Å²) in [4.78, 5) is 45.0. The molecule has 9 nitrogen and oxygen atoms in total. The SMILES string of the molecule is CN/C=C(\C=N)c1ccc(C(=O)N2[C@H]3CS[C@@H]2[C@@H](C(=O)O)N(C(=O)N(c2ccccc2)c2ccccc2)C3)cc1. The van der Waals surface area contributed by atoms with Crippen LogP contribution < -0.4 is 10.2 Å². The van der Waals surface area contributed by atoms with E-state index >= 15 is 0 Å². The number of piperazine rings is 1. The first kappa shape index (κ1) is 27.0. The van der Waals surface area contributed by atoms with Gasteiger partial charge in [0.05, 0.1) is 17.4 Å². The van der Waals surface area contributed by atoms with Gasteiger partial charge in [-0.1, -0.05) is 48.5 Å². The lowest BCUT2D eigenvalue weighted by molar-refractivity contribution is -0.144. The number of para-hydroxylation sites is 2. The smallest absolute Gasteiger partial charge is 0.330 e. The van der Waals surface area contributed by atoms with Gasteiger partial charge in [0, 0.05) is 42.9 Å². The highest BCUT2D eigenvalue weighted by Gasteiger charge is 2.54. The molecule has 0 spiro atoms. The first-order valence-corrected chi connectivity index (χ1v) is 13.9. The maximum atomic E-state index is 14.1. The highest BCUT2D eigenvalue weighted by molar-refractivity contribution is 8.00. The van der Waals surface area contributed by atoms with E-state index in [0.717, 1.165) is 5.56 Å². The maximum Gasteiger partial charge on any atom is 0.330 e. The third-order valence-corrected chi connectivity index (χ3v) is 8.42. The monoisotopic (exact) mass is 555 g/mol. The quantitative estimate of drug-likeness (QED) is 0.370. The number of fused-ring (bicyclic) bond motifs is 2. The number of benzene rings is 3. The predicted octanol–water partition coefficient (Wildman–Crippen LogP) is 4.51. The average molecular weight is 556 g/mol. The molecule has 3 aromatic rings. The maximum absolute atomic E-state index is 14.1. The first-order chi connectivity index (χ1) is 19.4. The zero-order chi connectivity index (χ0) is 28.2. The van der Waals surface area contributed by atoms with E-state index < -0.39 is 23.4 Å². The number of hydrogen-bond donors (Lipinski definition) is 3. The van der Waals surface area contributed by atoms with Crippen molar-refractivity contribution >= 4 is 52.8 Å². The van der Waals surface area contributed by atoms with E-state index in [1.54, 1.807) is 42.4 Å². The Morgan fingerprint density at radius 2 is 1.52 bits per heavy atom. The van der Waals surface area contributed by atoms with E-state index in [0.29, 0.717) is 28.3 Å². The fourth-order valence-electron chi connectivity index (χ4n) is 5.16. The second-order valence-electron chi connectivity index (χ2n) is 9.42. The zero-order valence-corrected chi connectivity index (χ0v) is 22.6. The Balaban J connectivity index is 1.45. The molecule has 2 bridgehead atoms. The second kappa shape index (κ2) is 11.7. The van der Waals surface area contributed by atoms with Crippen molar-refractivity contribution < 1.29 is 19.5 Å².